The molecular formula is C13H17N5O. The van der Waals surface area contributed by atoms with E-state index >= 15 is 0 Å². The van der Waals surface area contributed by atoms with Crippen LogP contribution in [0.15, 0.2) is 18.2 Å². The van der Waals surface area contributed by atoms with Gasteiger partial charge in [0.2, 0.25) is 0 Å². The number of pyridine rings is 1. The predicted molar refractivity (Wildman–Crippen MR) is 73.9 cm³/mol. The molecule has 2 aromatic heterocycles. The van der Waals surface area contributed by atoms with Crippen molar-refractivity contribution in [3.8, 4) is 0 Å². The summed E-state index contributed by atoms with van der Waals surface area (Å²) in [6.45, 7) is 3.81. The second-order valence-corrected chi connectivity index (χ2v) is 4.30. The van der Waals surface area contributed by atoms with Crippen molar-refractivity contribution >= 4 is 17.4 Å². The SMILES string of the molecule is CCc1nn(C)c(C(=O)Nc2cccc(C)n2)c1N. The molecular weight excluding hydrogens is 242 g/mol. The lowest BCUT2D eigenvalue weighted by Gasteiger charge is -2.06. The van der Waals surface area contributed by atoms with E-state index in [1.807, 2.05) is 26.0 Å². The topological polar surface area (TPSA) is 85.8 Å². The molecule has 6 heteroatoms. The summed E-state index contributed by atoms with van der Waals surface area (Å²) in [5.41, 5.74) is 8.29. The maximum absolute atomic E-state index is 12.2. The fraction of sp³-hybridized carbons (Fsp3) is 0.308. The third-order valence-corrected chi connectivity index (χ3v) is 2.84. The van der Waals surface area contributed by atoms with E-state index in [0.29, 0.717) is 23.6 Å². The minimum atomic E-state index is -0.301. The fourth-order valence-electron chi connectivity index (χ4n) is 1.91. The molecule has 0 aliphatic carbocycles. The Bertz CT molecular complexity index is 617. The molecule has 0 saturated carbocycles. The number of anilines is 2. The molecule has 0 saturated heterocycles. The van der Waals surface area contributed by atoms with Gasteiger partial charge < -0.3 is 11.1 Å². The lowest BCUT2D eigenvalue weighted by molar-refractivity contribution is 0.101. The highest BCUT2D eigenvalue weighted by Crippen LogP contribution is 2.18. The van der Waals surface area contributed by atoms with Gasteiger partial charge in [0.1, 0.15) is 11.5 Å². The van der Waals surface area contributed by atoms with Crippen molar-refractivity contribution < 1.29 is 4.79 Å². The van der Waals surface area contributed by atoms with Crippen molar-refractivity contribution in [1.82, 2.24) is 14.8 Å². The number of aromatic nitrogens is 3. The van der Waals surface area contributed by atoms with Crippen molar-refractivity contribution in [2.24, 2.45) is 7.05 Å². The summed E-state index contributed by atoms with van der Waals surface area (Å²) < 4.78 is 1.50. The summed E-state index contributed by atoms with van der Waals surface area (Å²) >= 11 is 0. The molecule has 0 radical (unpaired) electrons. The molecule has 100 valence electrons. The molecule has 2 aromatic rings. The maximum Gasteiger partial charge on any atom is 0.277 e. The molecule has 1 amide bonds. The highest BCUT2D eigenvalue weighted by atomic mass is 16.2. The first kappa shape index (κ1) is 13.1. The van der Waals surface area contributed by atoms with Crippen LogP contribution in [-0.4, -0.2) is 20.7 Å². The van der Waals surface area contributed by atoms with Gasteiger partial charge in [-0.3, -0.25) is 9.48 Å². The van der Waals surface area contributed by atoms with Gasteiger partial charge in [0, 0.05) is 12.7 Å². The van der Waals surface area contributed by atoms with Crippen LogP contribution < -0.4 is 11.1 Å². The highest BCUT2D eigenvalue weighted by molar-refractivity contribution is 6.06. The molecule has 3 N–H and O–H groups in total. The number of nitrogens with two attached hydrogens (primary N) is 1. The molecule has 19 heavy (non-hydrogen) atoms. The Labute approximate surface area is 111 Å². The molecule has 0 aromatic carbocycles. The van der Waals surface area contributed by atoms with Crippen molar-refractivity contribution in [1.29, 1.82) is 0 Å². The van der Waals surface area contributed by atoms with Gasteiger partial charge >= 0.3 is 0 Å². The van der Waals surface area contributed by atoms with Crippen LogP contribution in [0.1, 0.15) is 28.8 Å². The van der Waals surface area contributed by atoms with Crippen molar-refractivity contribution in [3.63, 3.8) is 0 Å². The van der Waals surface area contributed by atoms with E-state index < -0.39 is 0 Å². The predicted octanol–water partition coefficient (Wildman–Crippen LogP) is 1.52. The molecule has 0 unspecified atom stereocenters. The summed E-state index contributed by atoms with van der Waals surface area (Å²) in [6, 6.07) is 5.43. The lowest BCUT2D eigenvalue weighted by atomic mass is 10.2. The van der Waals surface area contributed by atoms with E-state index in [1.54, 1.807) is 13.1 Å². The monoisotopic (exact) mass is 259 g/mol. The van der Waals surface area contributed by atoms with Crippen molar-refractivity contribution in [2.45, 2.75) is 20.3 Å². The number of carbonyl (C=O) groups excluding carboxylic acids is 1. The summed E-state index contributed by atoms with van der Waals surface area (Å²) in [5, 5.41) is 6.95. The molecule has 0 aliphatic rings. The minimum Gasteiger partial charge on any atom is -0.395 e. The number of hydrogen-bond acceptors (Lipinski definition) is 4. The lowest BCUT2D eigenvalue weighted by Crippen LogP contribution is -2.18. The third kappa shape index (κ3) is 2.57. The van der Waals surface area contributed by atoms with Crippen LogP contribution in [-0.2, 0) is 13.5 Å². The largest absolute Gasteiger partial charge is 0.395 e. The number of nitrogens with zero attached hydrogens (tertiary/aromatic N) is 3. The molecule has 0 bridgehead atoms. The first-order chi connectivity index (χ1) is 9.02. The van der Waals surface area contributed by atoms with E-state index in [2.05, 4.69) is 15.4 Å². The number of rotatable bonds is 3. The standard InChI is InChI=1S/C13H17N5O/c1-4-9-11(14)12(18(3)17-9)13(19)16-10-7-5-6-8(2)15-10/h5-7H,4,14H2,1-3H3,(H,15,16,19). The minimum absolute atomic E-state index is 0.301. The van der Waals surface area contributed by atoms with Gasteiger partial charge in [-0.05, 0) is 25.5 Å². The quantitative estimate of drug-likeness (QED) is 0.875. The van der Waals surface area contributed by atoms with E-state index in [0.717, 1.165) is 11.4 Å². The zero-order valence-electron chi connectivity index (χ0n) is 11.3. The maximum atomic E-state index is 12.2. The van der Waals surface area contributed by atoms with Gasteiger partial charge in [-0.15, -0.1) is 0 Å². The van der Waals surface area contributed by atoms with E-state index in [4.69, 9.17) is 5.73 Å². The smallest absolute Gasteiger partial charge is 0.277 e. The number of nitrogens with one attached hydrogen (secondary N) is 1. The average Bonchev–Trinajstić information content (AvgIpc) is 2.64. The highest BCUT2D eigenvalue weighted by Gasteiger charge is 2.19. The Hall–Kier alpha value is -2.37. The summed E-state index contributed by atoms with van der Waals surface area (Å²) in [6.07, 6.45) is 0.690. The number of hydrogen-bond donors (Lipinski definition) is 2. The van der Waals surface area contributed by atoms with E-state index in [9.17, 15) is 4.79 Å². The van der Waals surface area contributed by atoms with Crippen LogP contribution >= 0.6 is 0 Å². The van der Waals surface area contributed by atoms with Gasteiger partial charge in [-0.2, -0.15) is 5.10 Å². The molecule has 2 heterocycles. The first-order valence-corrected chi connectivity index (χ1v) is 6.09. The van der Waals surface area contributed by atoms with Gasteiger partial charge in [-0.1, -0.05) is 13.0 Å². The molecule has 0 atom stereocenters. The summed E-state index contributed by atoms with van der Waals surface area (Å²) in [5.74, 6) is 0.203. The molecule has 6 nitrogen and oxygen atoms in total. The Kier molecular flexibility index (Phi) is 3.50. The third-order valence-electron chi connectivity index (χ3n) is 2.84. The van der Waals surface area contributed by atoms with Crippen molar-refractivity contribution in [3.05, 3.63) is 35.3 Å². The molecule has 0 aliphatic heterocycles. The van der Waals surface area contributed by atoms with Crippen LogP contribution in [0, 0.1) is 6.92 Å². The number of aryl methyl sites for hydroxylation is 3. The van der Waals surface area contributed by atoms with Gasteiger partial charge in [0.25, 0.3) is 5.91 Å². The summed E-state index contributed by atoms with van der Waals surface area (Å²) in [4.78, 5) is 16.4. The fourth-order valence-corrected chi connectivity index (χ4v) is 1.91. The second kappa shape index (κ2) is 5.09. The van der Waals surface area contributed by atoms with E-state index in [1.165, 1.54) is 4.68 Å². The first-order valence-electron chi connectivity index (χ1n) is 6.09. The zero-order valence-corrected chi connectivity index (χ0v) is 11.3. The Morgan fingerprint density at radius 3 is 2.79 bits per heavy atom. The number of nitrogen functional groups attached to an aromatic ring is 1. The van der Waals surface area contributed by atoms with Crippen LogP contribution in [0.25, 0.3) is 0 Å². The van der Waals surface area contributed by atoms with Crippen LogP contribution in [0.2, 0.25) is 0 Å². The molecule has 2 rings (SSSR count). The Balaban J connectivity index is 2.28. The molecule has 0 fully saturated rings. The van der Waals surface area contributed by atoms with Gasteiger partial charge in [-0.25, -0.2) is 4.98 Å². The van der Waals surface area contributed by atoms with Crippen LogP contribution in [0.5, 0.6) is 0 Å². The molecule has 0 spiro atoms. The van der Waals surface area contributed by atoms with Gasteiger partial charge in [0.15, 0.2) is 0 Å². The average molecular weight is 259 g/mol. The van der Waals surface area contributed by atoms with E-state index in [-0.39, 0.29) is 5.91 Å². The van der Waals surface area contributed by atoms with Crippen LogP contribution in [0.3, 0.4) is 0 Å². The zero-order chi connectivity index (χ0) is 14.0. The Morgan fingerprint density at radius 1 is 1.47 bits per heavy atom. The number of carbonyl (C=O) groups is 1. The number of amides is 1. The van der Waals surface area contributed by atoms with Gasteiger partial charge in [0.05, 0.1) is 11.4 Å². The normalized spacial score (nSPS) is 10.5. The van der Waals surface area contributed by atoms with Crippen molar-refractivity contribution in [2.75, 3.05) is 11.1 Å². The second-order valence-electron chi connectivity index (χ2n) is 4.30. The summed E-state index contributed by atoms with van der Waals surface area (Å²) in [7, 11) is 1.70. The Morgan fingerprint density at radius 2 is 2.21 bits per heavy atom. The van der Waals surface area contributed by atoms with Crippen LogP contribution in [0.4, 0.5) is 11.5 Å².